The predicted octanol–water partition coefficient (Wildman–Crippen LogP) is 3.76. The van der Waals surface area contributed by atoms with Crippen LogP contribution in [0.25, 0.3) is 0 Å². The second kappa shape index (κ2) is 8.73. The molecule has 0 unspecified atom stereocenters. The van der Waals surface area contributed by atoms with Crippen molar-refractivity contribution in [2.45, 2.75) is 25.7 Å². The molecule has 156 valence electrons. The summed E-state index contributed by atoms with van der Waals surface area (Å²) in [6.45, 7) is 2.88. The average molecular weight is 421 g/mol. The van der Waals surface area contributed by atoms with Crippen LogP contribution in [-0.2, 0) is 0 Å². The molecule has 1 N–H and O–H groups in total. The molecule has 0 spiro atoms. The van der Waals surface area contributed by atoms with Gasteiger partial charge in [-0.2, -0.15) is 0 Å². The maximum Gasteiger partial charge on any atom is 0.321 e. The van der Waals surface area contributed by atoms with E-state index in [0.29, 0.717) is 59.7 Å². The second-order valence-corrected chi connectivity index (χ2v) is 7.60. The Labute approximate surface area is 174 Å². The highest BCUT2D eigenvalue weighted by atomic mass is 35.5. The molecule has 9 heteroatoms. The molecule has 0 saturated carbocycles. The van der Waals surface area contributed by atoms with E-state index in [1.165, 1.54) is 4.90 Å². The SMILES string of the molecule is COc1ccc(NC(=O)N2CCC(c3nc(C(=O)N(C)C)c(C)o3)CC2)cc1Cl. The molecule has 2 aromatic rings. The molecule has 29 heavy (non-hydrogen) atoms. The van der Waals surface area contributed by atoms with Gasteiger partial charge in [0.2, 0.25) is 0 Å². The number of amides is 3. The van der Waals surface area contributed by atoms with Gasteiger partial charge in [-0.25, -0.2) is 9.78 Å². The van der Waals surface area contributed by atoms with Crippen molar-refractivity contribution in [1.82, 2.24) is 14.8 Å². The predicted molar refractivity (Wildman–Crippen MR) is 110 cm³/mol. The molecule has 0 bridgehead atoms. The molecule has 0 atom stereocenters. The van der Waals surface area contributed by atoms with Gasteiger partial charge in [0.15, 0.2) is 11.6 Å². The number of anilines is 1. The van der Waals surface area contributed by atoms with Gasteiger partial charge in [0.05, 0.1) is 12.1 Å². The van der Waals surface area contributed by atoms with E-state index in [2.05, 4.69) is 10.3 Å². The molecule has 0 aliphatic carbocycles. The molecule has 8 nitrogen and oxygen atoms in total. The van der Waals surface area contributed by atoms with Gasteiger partial charge >= 0.3 is 6.03 Å². The highest BCUT2D eigenvalue weighted by Gasteiger charge is 2.29. The van der Waals surface area contributed by atoms with Crippen LogP contribution in [0.5, 0.6) is 5.75 Å². The third-order valence-electron chi connectivity index (χ3n) is 4.96. The van der Waals surface area contributed by atoms with Crippen molar-refractivity contribution < 1.29 is 18.7 Å². The number of methoxy groups -OCH3 is 1. The quantitative estimate of drug-likeness (QED) is 0.813. The minimum absolute atomic E-state index is 0.0805. The van der Waals surface area contributed by atoms with Crippen molar-refractivity contribution in [2.75, 3.05) is 39.6 Å². The molecule has 1 aliphatic rings. The van der Waals surface area contributed by atoms with Gasteiger partial charge in [0.25, 0.3) is 5.91 Å². The van der Waals surface area contributed by atoms with E-state index in [-0.39, 0.29) is 17.9 Å². The van der Waals surface area contributed by atoms with Gasteiger partial charge < -0.3 is 24.3 Å². The van der Waals surface area contributed by atoms with Crippen LogP contribution in [-0.4, -0.2) is 61.0 Å². The second-order valence-electron chi connectivity index (χ2n) is 7.20. The lowest BCUT2D eigenvalue weighted by molar-refractivity contribution is 0.0821. The summed E-state index contributed by atoms with van der Waals surface area (Å²) in [5, 5.41) is 3.29. The number of carbonyl (C=O) groups excluding carboxylic acids is 2. The Morgan fingerprint density at radius 3 is 2.59 bits per heavy atom. The summed E-state index contributed by atoms with van der Waals surface area (Å²) in [5.74, 6) is 1.55. The molecule has 1 fully saturated rings. The Balaban J connectivity index is 1.59. The standard InChI is InChI=1S/C20H25ClN4O4/c1-12-17(19(26)24(2)3)23-18(29-12)13-7-9-25(10-8-13)20(27)22-14-5-6-16(28-4)15(21)11-14/h5-6,11,13H,7-10H2,1-4H3,(H,22,27). The zero-order valence-corrected chi connectivity index (χ0v) is 17.7. The zero-order valence-electron chi connectivity index (χ0n) is 17.0. The fourth-order valence-electron chi connectivity index (χ4n) is 3.28. The van der Waals surface area contributed by atoms with E-state index in [1.807, 2.05) is 0 Å². The van der Waals surface area contributed by atoms with Gasteiger partial charge in [-0.05, 0) is 38.0 Å². The lowest BCUT2D eigenvalue weighted by atomic mass is 9.97. The summed E-state index contributed by atoms with van der Waals surface area (Å²) >= 11 is 6.11. The van der Waals surface area contributed by atoms with Crippen LogP contribution in [0.15, 0.2) is 22.6 Å². The molecule has 1 aromatic carbocycles. The van der Waals surface area contributed by atoms with Crippen LogP contribution in [0.4, 0.5) is 10.5 Å². The van der Waals surface area contributed by atoms with Crippen LogP contribution in [0.2, 0.25) is 5.02 Å². The Morgan fingerprint density at radius 2 is 2.00 bits per heavy atom. The van der Waals surface area contributed by atoms with Gasteiger partial charge in [-0.3, -0.25) is 4.79 Å². The van der Waals surface area contributed by atoms with Gasteiger partial charge in [0.1, 0.15) is 11.5 Å². The third-order valence-corrected chi connectivity index (χ3v) is 5.25. The molecular weight excluding hydrogens is 396 g/mol. The molecular formula is C20H25ClN4O4. The number of piperidine rings is 1. The van der Waals surface area contributed by atoms with Gasteiger partial charge in [-0.15, -0.1) is 0 Å². The Kier molecular flexibility index (Phi) is 6.32. The van der Waals surface area contributed by atoms with Gasteiger partial charge in [0, 0.05) is 38.8 Å². The summed E-state index contributed by atoms with van der Waals surface area (Å²) in [4.78, 5) is 32.4. The Morgan fingerprint density at radius 1 is 1.31 bits per heavy atom. The number of nitrogens with one attached hydrogen (secondary N) is 1. The monoisotopic (exact) mass is 420 g/mol. The number of aromatic nitrogens is 1. The van der Waals surface area contributed by atoms with E-state index in [1.54, 1.807) is 51.2 Å². The van der Waals surface area contributed by atoms with Crippen LogP contribution in [0.3, 0.4) is 0 Å². The number of benzene rings is 1. The van der Waals surface area contributed by atoms with Gasteiger partial charge in [-0.1, -0.05) is 11.6 Å². The highest BCUT2D eigenvalue weighted by molar-refractivity contribution is 6.32. The fraction of sp³-hybridized carbons (Fsp3) is 0.450. The minimum Gasteiger partial charge on any atom is -0.495 e. The van der Waals surface area contributed by atoms with E-state index in [4.69, 9.17) is 20.8 Å². The van der Waals surface area contributed by atoms with E-state index in [9.17, 15) is 9.59 Å². The van der Waals surface area contributed by atoms with Crippen molar-refractivity contribution in [3.05, 3.63) is 40.6 Å². The smallest absolute Gasteiger partial charge is 0.321 e. The Bertz CT molecular complexity index is 904. The number of nitrogens with zero attached hydrogens (tertiary/aromatic N) is 3. The number of ether oxygens (including phenoxy) is 1. The van der Waals surface area contributed by atoms with Crippen LogP contribution in [0, 0.1) is 6.92 Å². The Hall–Kier alpha value is -2.74. The molecule has 1 saturated heterocycles. The number of halogens is 1. The first-order valence-corrected chi connectivity index (χ1v) is 9.76. The number of oxazole rings is 1. The highest BCUT2D eigenvalue weighted by Crippen LogP contribution is 2.30. The number of carbonyl (C=O) groups is 2. The first kappa shape index (κ1) is 21.0. The third kappa shape index (κ3) is 4.64. The number of rotatable bonds is 4. The number of hydrogen-bond donors (Lipinski definition) is 1. The summed E-state index contributed by atoms with van der Waals surface area (Å²) in [7, 11) is 4.91. The van der Waals surface area contributed by atoms with Crippen molar-refractivity contribution >= 4 is 29.2 Å². The van der Waals surface area contributed by atoms with Crippen molar-refractivity contribution in [2.24, 2.45) is 0 Å². The lowest BCUT2D eigenvalue weighted by Gasteiger charge is -2.30. The summed E-state index contributed by atoms with van der Waals surface area (Å²) in [6, 6.07) is 4.93. The van der Waals surface area contributed by atoms with E-state index >= 15 is 0 Å². The average Bonchev–Trinajstić information content (AvgIpc) is 3.09. The molecule has 3 amide bonds. The minimum atomic E-state index is -0.184. The number of urea groups is 1. The zero-order chi connectivity index (χ0) is 21.1. The van der Waals surface area contributed by atoms with Crippen molar-refractivity contribution in [1.29, 1.82) is 0 Å². The van der Waals surface area contributed by atoms with Crippen LogP contribution in [0.1, 0.15) is 40.9 Å². The first-order valence-electron chi connectivity index (χ1n) is 9.38. The topological polar surface area (TPSA) is 87.9 Å². The van der Waals surface area contributed by atoms with Crippen LogP contribution < -0.4 is 10.1 Å². The van der Waals surface area contributed by atoms with E-state index < -0.39 is 0 Å². The maximum absolute atomic E-state index is 12.6. The normalized spacial score (nSPS) is 14.6. The number of hydrogen-bond acceptors (Lipinski definition) is 5. The molecule has 2 heterocycles. The molecule has 0 radical (unpaired) electrons. The first-order chi connectivity index (χ1) is 13.8. The molecule has 1 aliphatic heterocycles. The van der Waals surface area contributed by atoms with E-state index in [0.717, 1.165) is 0 Å². The van der Waals surface area contributed by atoms with Crippen molar-refractivity contribution in [3.8, 4) is 5.75 Å². The molecule has 3 rings (SSSR count). The van der Waals surface area contributed by atoms with Crippen LogP contribution >= 0.6 is 11.6 Å². The largest absolute Gasteiger partial charge is 0.495 e. The summed E-state index contributed by atoms with van der Waals surface area (Å²) in [6.07, 6.45) is 1.43. The summed E-state index contributed by atoms with van der Waals surface area (Å²) < 4.78 is 10.9. The summed E-state index contributed by atoms with van der Waals surface area (Å²) in [5.41, 5.74) is 0.958. The number of aryl methyl sites for hydroxylation is 1. The van der Waals surface area contributed by atoms with Crippen molar-refractivity contribution in [3.63, 3.8) is 0 Å². The lowest BCUT2D eigenvalue weighted by Crippen LogP contribution is -2.40. The number of likely N-dealkylation sites (tertiary alicyclic amines) is 1. The molecule has 1 aromatic heterocycles. The maximum atomic E-state index is 12.6. The fourth-order valence-corrected chi connectivity index (χ4v) is 3.54.